The fourth-order valence-corrected chi connectivity index (χ4v) is 3.90. The summed E-state index contributed by atoms with van der Waals surface area (Å²) in [6.07, 6.45) is 0. The lowest BCUT2D eigenvalue weighted by atomic mass is 10.1. The molecule has 29 heavy (non-hydrogen) atoms. The number of hydrogen-bond donors (Lipinski definition) is 2. The predicted molar refractivity (Wildman–Crippen MR) is 119 cm³/mol. The number of nitrogens with two attached hydrogens (primary N) is 1. The molecule has 0 spiro atoms. The molecule has 3 aromatic carbocycles. The van der Waals surface area contributed by atoms with Crippen LogP contribution in [0.4, 0.5) is 5.69 Å². The number of benzene rings is 3. The molecule has 0 saturated heterocycles. The summed E-state index contributed by atoms with van der Waals surface area (Å²) in [5.74, 6) is 6.45. The average molecular weight is 424 g/mol. The molecule has 6 nitrogen and oxygen atoms in total. The lowest BCUT2D eigenvalue weighted by molar-refractivity contribution is -0.115. The van der Waals surface area contributed by atoms with E-state index in [2.05, 4.69) is 15.5 Å². The highest BCUT2D eigenvalue weighted by Crippen LogP contribution is 2.29. The molecule has 4 rings (SSSR count). The number of nitrogen functional groups attached to an aromatic ring is 1. The van der Waals surface area contributed by atoms with Gasteiger partial charge in [0, 0.05) is 11.3 Å². The molecular formula is C21H18ClN5OS. The van der Waals surface area contributed by atoms with Crippen molar-refractivity contribution in [3.63, 3.8) is 0 Å². The zero-order chi connectivity index (χ0) is 20.4. The Morgan fingerprint density at radius 2 is 1.79 bits per heavy atom. The van der Waals surface area contributed by atoms with E-state index in [1.54, 1.807) is 13.0 Å². The number of amides is 1. The van der Waals surface area contributed by atoms with E-state index in [4.69, 9.17) is 17.4 Å². The fraction of sp³-hybridized carbons (Fsp3) is 0.0952. The molecule has 146 valence electrons. The van der Waals surface area contributed by atoms with Crippen LogP contribution >= 0.6 is 23.4 Å². The molecule has 0 fully saturated rings. The minimum Gasteiger partial charge on any atom is -0.335 e. The van der Waals surface area contributed by atoms with Gasteiger partial charge in [-0.1, -0.05) is 65.8 Å². The maximum absolute atomic E-state index is 12.6. The third-order valence-electron chi connectivity index (χ3n) is 4.45. The summed E-state index contributed by atoms with van der Waals surface area (Å²) in [4.78, 5) is 12.6. The molecule has 1 atom stereocenters. The van der Waals surface area contributed by atoms with Crippen LogP contribution in [-0.2, 0) is 4.79 Å². The third-order valence-corrected chi connectivity index (χ3v) is 5.83. The van der Waals surface area contributed by atoms with Gasteiger partial charge in [-0.15, -0.1) is 10.2 Å². The normalized spacial score (nSPS) is 12.1. The van der Waals surface area contributed by atoms with Crippen LogP contribution in [0.1, 0.15) is 6.92 Å². The number of fused-ring (bicyclic) bond motifs is 1. The number of carbonyl (C=O) groups is 1. The van der Waals surface area contributed by atoms with Gasteiger partial charge in [-0.25, -0.2) is 4.68 Å². The van der Waals surface area contributed by atoms with Gasteiger partial charge in [0.05, 0.1) is 10.3 Å². The molecule has 0 aliphatic heterocycles. The minimum absolute atomic E-state index is 0.146. The van der Waals surface area contributed by atoms with Gasteiger partial charge in [-0.2, -0.15) is 0 Å². The van der Waals surface area contributed by atoms with Crippen LogP contribution in [0.25, 0.3) is 22.2 Å². The van der Waals surface area contributed by atoms with E-state index in [1.807, 2.05) is 60.7 Å². The molecule has 1 heterocycles. The Bertz CT molecular complexity index is 1190. The first-order valence-corrected chi connectivity index (χ1v) is 10.2. The summed E-state index contributed by atoms with van der Waals surface area (Å²) in [5.41, 5.74) is 1.43. The van der Waals surface area contributed by atoms with Crippen LogP contribution < -0.4 is 11.2 Å². The molecule has 1 amide bonds. The number of aromatic nitrogens is 3. The summed E-state index contributed by atoms with van der Waals surface area (Å²) >= 11 is 7.45. The summed E-state index contributed by atoms with van der Waals surface area (Å²) in [7, 11) is 0. The zero-order valence-electron chi connectivity index (χ0n) is 15.5. The van der Waals surface area contributed by atoms with Crippen molar-refractivity contribution in [2.45, 2.75) is 17.3 Å². The van der Waals surface area contributed by atoms with Gasteiger partial charge in [0.15, 0.2) is 5.82 Å². The van der Waals surface area contributed by atoms with Crippen molar-refractivity contribution in [3.8, 4) is 11.4 Å². The van der Waals surface area contributed by atoms with Gasteiger partial charge in [0.1, 0.15) is 0 Å². The lowest BCUT2D eigenvalue weighted by Gasteiger charge is -2.12. The van der Waals surface area contributed by atoms with E-state index in [0.717, 1.165) is 16.5 Å². The number of thioether (sulfide) groups is 1. The molecule has 0 bridgehead atoms. The first-order valence-electron chi connectivity index (χ1n) is 8.94. The molecule has 8 heteroatoms. The van der Waals surface area contributed by atoms with Crippen molar-refractivity contribution in [1.82, 2.24) is 14.9 Å². The lowest BCUT2D eigenvalue weighted by Crippen LogP contribution is -2.23. The Morgan fingerprint density at radius 3 is 2.59 bits per heavy atom. The first-order chi connectivity index (χ1) is 14.0. The summed E-state index contributed by atoms with van der Waals surface area (Å²) in [6.45, 7) is 1.80. The monoisotopic (exact) mass is 423 g/mol. The van der Waals surface area contributed by atoms with Crippen molar-refractivity contribution in [2.75, 3.05) is 11.2 Å². The summed E-state index contributed by atoms with van der Waals surface area (Å²) < 4.78 is 1.35. The average Bonchev–Trinajstić information content (AvgIpc) is 3.08. The van der Waals surface area contributed by atoms with Crippen LogP contribution in [0.5, 0.6) is 0 Å². The molecule has 4 aromatic rings. The number of rotatable bonds is 5. The highest BCUT2D eigenvalue weighted by atomic mass is 35.5. The largest absolute Gasteiger partial charge is 0.335 e. The number of carbonyl (C=O) groups excluding carboxylic acids is 1. The van der Waals surface area contributed by atoms with Crippen molar-refractivity contribution < 1.29 is 4.79 Å². The Labute approximate surface area is 177 Å². The molecule has 1 aromatic heterocycles. The standard InChI is InChI=1S/C21H18ClN5OS/c1-13(20(28)24-16-11-10-14-6-2-3-7-15(14)12-16)29-21-26-25-19(27(21)23)17-8-4-5-9-18(17)22/h2-13H,23H2,1H3,(H,24,28)/t13-/m1/s1. The molecule has 0 aliphatic carbocycles. The maximum atomic E-state index is 12.6. The molecule has 0 radical (unpaired) electrons. The van der Waals surface area contributed by atoms with E-state index in [0.29, 0.717) is 21.6 Å². The van der Waals surface area contributed by atoms with Gasteiger partial charge in [-0.3, -0.25) is 4.79 Å². The van der Waals surface area contributed by atoms with Gasteiger partial charge >= 0.3 is 0 Å². The highest BCUT2D eigenvalue weighted by Gasteiger charge is 2.21. The Morgan fingerprint density at radius 1 is 1.07 bits per heavy atom. The van der Waals surface area contributed by atoms with Crippen LogP contribution in [0.2, 0.25) is 5.02 Å². The van der Waals surface area contributed by atoms with Gasteiger partial charge < -0.3 is 11.2 Å². The smallest absolute Gasteiger partial charge is 0.237 e. The van der Waals surface area contributed by atoms with Crippen LogP contribution in [0, 0.1) is 0 Å². The van der Waals surface area contributed by atoms with E-state index < -0.39 is 5.25 Å². The van der Waals surface area contributed by atoms with Crippen LogP contribution in [-0.4, -0.2) is 26.0 Å². The second kappa shape index (κ2) is 8.14. The molecule has 0 saturated carbocycles. The quantitative estimate of drug-likeness (QED) is 0.362. The second-order valence-corrected chi connectivity index (χ2v) is 8.18. The predicted octanol–water partition coefficient (Wildman–Crippen LogP) is 4.58. The van der Waals surface area contributed by atoms with Gasteiger partial charge in [0.25, 0.3) is 0 Å². The first kappa shape index (κ1) is 19.3. The number of nitrogens with zero attached hydrogens (tertiary/aromatic N) is 3. The SMILES string of the molecule is C[C@@H](Sc1nnc(-c2ccccc2Cl)n1N)C(=O)Nc1ccc2ccccc2c1. The Balaban J connectivity index is 1.48. The molecule has 3 N–H and O–H groups in total. The van der Waals surface area contributed by atoms with Gasteiger partial charge in [-0.05, 0) is 42.0 Å². The Hall–Kier alpha value is -3.03. The molecule has 0 aliphatic rings. The molecular weight excluding hydrogens is 406 g/mol. The number of anilines is 1. The number of nitrogens with one attached hydrogen (secondary N) is 1. The van der Waals surface area contributed by atoms with E-state index in [-0.39, 0.29) is 5.91 Å². The van der Waals surface area contributed by atoms with E-state index >= 15 is 0 Å². The minimum atomic E-state index is -0.424. The van der Waals surface area contributed by atoms with Crippen molar-refractivity contribution in [3.05, 3.63) is 71.8 Å². The van der Waals surface area contributed by atoms with Gasteiger partial charge in [0.2, 0.25) is 11.1 Å². The summed E-state index contributed by atoms with van der Waals surface area (Å²) in [6, 6.07) is 21.1. The van der Waals surface area contributed by atoms with Crippen LogP contribution in [0.15, 0.2) is 71.9 Å². The van der Waals surface area contributed by atoms with Crippen molar-refractivity contribution >= 4 is 45.7 Å². The summed E-state index contributed by atoms with van der Waals surface area (Å²) in [5, 5.41) is 13.9. The number of halogens is 1. The van der Waals surface area contributed by atoms with Crippen molar-refractivity contribution in [1.29, 1.82) is 0 Å². The highest BCUT2D eigenvalue weighted by molar-refractivity contribution is 8.00. The number of hydrogen-bond acceptors (Lipinski definition) is 5. The fourth-order valence-electron chi connectivity index (χ4n) is 2.91. The topological polar surface area (TPSA) is 85.8 Å². The third kappa shape index (κ3) is 4.06. The molecule has 0 unspecified atom stereocenters. The van der Waals surface area contributed by atoms with Crippen molar-refractivity contribution in [2.24, 2.45) is 0 Å². The van der Waals surface area contributed by atoms with Crippen LogP contribution in [0.3, 0.4) is 0 Å². The maximum Gasteiger partial charge on any atom is 0.237 e. The van der Waals surface area contributed by atoms with E-state index in [9.17, 15) is 4.79 Å². The Kier molecular flexibility index (Phi) is 5.42. The zero-order valence-corrected chi connectivity index (χ0v) is 17.1. The second-order valence-electron chi connectivity index (χ2n) is 6.47. The van der Waals surface area contributed by atoms with E-state index in [1.165, 1.54) is 16.4 Å².